The Bertz CT molecular complexity index is 724. The number of piperidine rings is 1. The van der Waals surface area contributed by atoms with Gasteiger partial charge in [-0.1, -0.05) is 41.9 Å². The SMILES string of the molecule is CC1(C(=O)NCC2(CN3CCCCC3)CCOCC2)CC(c2ccccc2)=NO1. The van der Waals surface area contributed by atoms with Crippen LogP contribution in [0.1, 0.15) is 51.0 Å². The van der Waals surface area contributed by atoms with Crippen LogP contribution in [-0.2, 0) is 14.4 Å². The summed E-state index contributed by atoms with van der Waals surface area (Å²) in [5, 5.41) is 7.43. The Morgan fingerprint density at radius 2 is 1.86 bits per heavy atom. The normalized spacial score (nSPS) is 27.1. The van der Waals surface area contributed by atoms with Crippen LogP contribution < -0.4 is 5.32 Å². The molecular weight excluding hydrogens is 366 g/mol. The number of oxime groups is 1. The summed E-state index contributed by atoms with van der Waals surface area (Å²) in [6, 6.07) is 9.93. The van der Waals surface area contributed by atoms with Crippen LogP contribution >= 0.6 is 0 Å². The van der Waals surface area contributed by atoms with Crippen molar-refractivity contribution in [2.45, 2.75) is 51.0 Å². The average molecular weight is 400 g/mol. The zero-order valence-electron chi connectivity index (χ0n) is 17.5. The fourth-order valence-corrected chi connectivity index (χ4v) is 4.69. The van der Waals surface area contributed by atoms with Gasteiger partial charge in [-0.25, -0.2) is 0 Å². The molecule has 158 valence electrons. The number of nitrogens with zero attached hydrogens (tertiary/aromatic N) is 2. The summed E-state index contributed by atoms with van der Waals surface area (Å²) in [5.41, 5.74) is 0.985. The molecule has 29 heavy (non-hydrogen) atoms. The first-order valence-corrected chi connectivity index (χ1v) is 11.0. The molecule has 3 aliphatic rings. The Hall–Kier alpha value is -1.92. The first-order chi connectivity index (χ1) is 14.1. The van der Waals surface area contributed by atoms with Gasteiger partial charge in [-0.3, -0.25) is 4.79 Å². The van der Waals surface area contributed by atoms with Gasteiger partial charge in [0, 0.05) is 38.1 Å². The van der Waals surface area contributed by atoms with E-state index in [0.29, 0.717) is 13.0 Å². The Balaban J connectivity index is 1.36. The molecule has 0 radical (unpaired) electrons. The number of benzene rings is 1. The van der Waals surface area contributed by atoms with Gasteiger partial charge < -0.3 is 19.8 Å². The largest absolute Gasteiger partial charge is 0.381 e. The molecule has 0 saturated carbocycles. The van der Waals surface area contributed by atoms with Crippen LogP contribution in [0.25, 0.3) is 0 Å². The highest BCUT2D eigenvalue weighted by Crippen LogP contribution is 2.33. The highest BCUT2D eigenvalue weighted by Gasteiger charge is 2.43. The van der Waals surface area contributed by atoms with Crippen LogP contribution in [0, 0.1) is 5.41 Å². The molecule has 2 fully saturated rings. The van der Waals surface area contributed by atoms with Crippen LogP contribution in [-0.4, -0.2) is 61.5 Å². The first-order valence-electron chi connectivity index (χ1n) is 11.0. The van der Waals surface area contributed by atoms with E-state index >= 15 is 0 Å². The molecule has 1 unspecified atom stereocenters. The molecule has 0 aromatic heterocycles. The number of hydrogen-bond acceptors (Lipinski definition) is 5. The summed E-state index contributed by atoms with van der Waals surface area (Å²) < 4.78 is 5.63. The number of nitrogens with one attached hydrogen (secondary N) is 1. The van der Waals surface area contributed by atoms with E-state index in [0.717, 1.165) is 43.9 Å². The smallest absolute Gasteiger partial charge is 0.267 e. The summed E-state index contributed by atoms with van der Waals surface area (Å²) in [5.74, 6) is -0.0725. The summed E-state index contributed by atoms with van der Waals surface area (Å²) in [6.07, 6.45) is 6.38. The number of likely N-dealkylation sites (tertiary alicyclic amines) is 1. The molecule has 0 aliphatic carbocycles. The quantitative estimate of drug-likeness (QED) is 0.799. The topological polar surface area (TPSA) is 63.2 Å². The minimum atomic E-state index is -0.942. The third-order valence-electron chi connectivity index (χ3n) is 6.63. The van der Waals surface area contributed by atoms with E-state index in [4.69, 9.17) is 9.57 Å². The molecule has 1 atom stereocenters. The maximum atomic E-state index is 13.1. The summed E-state index contributed by atoms with van der Waals surface area (Å²) in [7, 11) is 0. The summed E-state index contributed by atoms with van der Waals surface area (Å²) >= 11 is 0. The van der Waals surface area contributed by atoms with Crippen molar-refractivity contribution in [3.8, 4) is 0 Å². The molecule has 2 saturated heterocycles. The van der Waals surface area contributed by atoms with Crippen molar-refractivity contribution >= 4 is 11.6 Å². The maximum Gasteiger partial charge on any atom is 0.267 e. The summed E-state index contributed by atoms with van der Waals surface area (Å²) in [4.78, 5) is 21.3. The van der Waals surface area contributed by atoms with Gasteiger partial charge in [-0.2, -0.15) is 0 Å². The van der Waals surface area contributed by atoms with E-state index < -0.39 is 5.60 Å². The van der Waals surface area contributed by atoms with Crippen molar-refractivity contribution in [1.82, 2.24) is 10.2 Å². The van der Waals surface area contributed by atoms with E-state index in [1.807, 2.05) is 37.3 Å². The lowest BCUT2D eigenvalue weighted by Crippen LogP contribution is -2.53. The fraction of sp³-hybridized carbons (Fsp3) is 0.652. The number of hydrogen-bond donors (Lipinski definition) is 1. The standard InChI is InChI=1S/C23H33N3O3/c1-22(16-20(25-29-22)19-8-4-2-5-9-19)21(27)24-17-23(10-14-28-15-11-23)18-26-12-6-3-7-13-26/h2,4-5,8-9H,3,6-7,10-18H2,1H3,(H,24,27). The van der Waals surface area contributed by atoms with E-state index in [1.54, 1.807) is 0 Å². The molecule has 4 rings (SSSR count). The van der Waals surface area contributed by atoms with Gasteiger partial charge in [-0.15, -0.1) is 0 Å². The Labute approximate surface area is 173 Å². The van der Waals surface area contributed by atoms with Crippen LogP contribution in [0.2, 0.25) is 0 Å². The monoisotopic (exact) mass is 399 g/mol. The third kappa shape index (κ3) is 4.81. The number of amides is 1. The summed E-state index contributed by atoms with van der Waals surface area (Å²) in [6.45, 7) is 7.45. The van der Waals surface area contributed by atoms with Crippen LogP contribution in [0.4, 0.5) is 0 Å². The zero-order chi connectivity index (χ0) is 20.2. The molecular formula is C23H33N3O3. The predicted molar refractivity (Wildman–Crippen MR) is 113 cm³/mol. The van der Waals surface area contributed by atoms with Gasteiger partial charge in [-0.05, 0) is 51.3 Å². The molecule has 1 amide bonds. The molecule has 1 N–H and O–H groups in total. The Morgan fingerprint density at radius 3 is 2.59 bits per heavy atom. The highest BCUT2D eigenvalue weighted by molar-refractivity contribution is 6.05. The lowest BCUT2D eigenvalue weighted by Gasteiger charge is -2.42. The molecule has 0 spiro atoms. The zero-order valence-corrected chi connectivity index (χ0v) is 17.5. The van der Waals surface area contributed by atoms with Crippen molar-refractivity contribution in [3.63, 3.8) is 0 Å². The van der Waals surface area contributed by atoms with E-state index in [2.05, 4.69) is 15.4 Å². The first kappa shape index (κ1) is 20.4. The van der Waals surface area contributed by atoms with Crippen molar-refractivity contribution in [3.05, 3.63) is 35.9 Å². The van der Waals surface area contributed by atoms with Gasteiger partial charge >= 0.3 is 0 Å². The number of ether oxygens (including phenoxy) is 1. The minimum Gasteiger partial charge on any atom is -0.381 e. The van der Waals surface area contributed by atoms with Crippen molar-refractivity contribution < 1.29 is 14.4 Å². The molecule has 0 bridgehead atoms. The van der Waals surface area contributed by atoms with Crippen molar-refractivity contribution in [2.24, 2.45) is 10.6 Å². The fourth-order valence-electron chi connectivity index (χ4n) is 4.69. The molecule has 3 heterocycles. The van der Waals surface area contributed by atoms with Gasteiger partial charge in [0.15, 0.2) is 0 Å². The van der Waals surface area contributed by atoms with Crippen LogP contribution in [0.5, 0.6) is 0 Å². The molecule has 3 aliphatic heterocycles. The lowest BCUT2D eigenvalue weighted by molar-refractivity contribution is -0.142. The minimum absolute atomic E-state index is 0.0725. The van der Waals surface area contributed by atoms with Crippen molar-refractivity contribution in [1.29, 1.82) is 0 Å². The molecule has 1 aromatic rings. The van der Waals surface area contributed by atoms with E-state index in [1.165, 1.54) is 32.4 Å². The number of rotatable bonds is 6. The van der Waals surface area contributed by atoms with Gasteiger partial charge in [0.25, 0.3) is 5.91 Å². The Morgan fingerprint density at radius 1 is 1.14 bits per heavy atom. The van der Waals surface area contributed by atoms with E-state index in [-0.39, 0.29) is 11.3 Å². The molecule has 6 nitrogen and oxygen atoms in total. The van der Waals surface area contributed by atoms with Gasteiger partial charge in [0.1, 0.15) is 0 Å². The number of carbonyl (C=O) groups excluding carboxylic acids is 1. The Kier molecular flexibility index (Phi) is 6.20. The second kappa shape index (κ2) is 8.84. The molecule has 6 heteroatoms. The highest BCUT2D eigenvalue weighted by atomic mass is 16.7. The van der Waals surface area contributed by atoms with Gasteiger partial charge in [0.2, 0.25) is 5.60 Å². The molecule has 1 aromatic carbocycles. The van der Waals surface area contributed by atoms with Gasteiger partial charge in [0.05, 0.1) is 5.71 Å². The average Bonchev–Trinajstić information content (AvgIpc) is 3.18. The lowest BCUT2D eigenvalue weighted by atomic mass is 9.79. The second-order valence-electron chi connectivity index (χ2n) is 9.03. The maximum absolute atomic E-state index is 13.1. The van der Waals surface area contributed by atoms with Crippen molar-refractivity contribution in [2.75, 3.05) is 39.4 Å². The van der Waals surface area contributed by atoms with Crippen LogP contribution in [0.3, 0.4) is 0 Å². The van der Waals surface area contributed by atoms with E-state index in [9.17, 15) is 4.79 Å². The third-order valence-corrected chi connectivity index (χ3v) is 6.63. The second-order valence-corrected chi connectivity index (χ2v) is 9.03. The predicted octanol–water partition coefficient (Wildman–Crippen LogP) is 2.97. The number of carbonyl (C=O) groups is 1. The van der Waals surface area contributed by atoms with Crippen LogP contribution in [0.15, 0.2) is 35.5 Å².